The number of fused-ring (bicyclic) bond motifs is 1. The Labute approximate surface area is 177 Å². The van der Waals surface area contributed by atoms with Gasteiger partial charge >= 0.3 is 0 Å². The fraction of sp³-hybridized carbons (Fsp3) is 0.182. The van der Waals surface area contributed by atoms with Gasteiger partial charge in [0.25, 0.3) is 5.91 Å². The van der Waals surface area contributed by atoms with E-state index in [-0.39, 0.29) is 5.71 Å². The number of nitriles is 1. The van der Waals surface area contributed by atoms with Gasteiger partial charge in [-0.15, -0.1) is 0 Å². The number of allylic oxidation sites excluding steroid dienone is 2. The van der Waals surface area contributed by atoms with Crippen LogP contribution in [0.2, 0.25) is 10.0 Å². The standard InChI is InChI=1S/C22H15Cl2N3O2/c1-12-2-4-14-5-3-13(6-16(12)14)7-17-18(23)8-15(9-19(17)24)27-22(29)10-21(28)20(11-25)26-27/h2-3,5-6,8-9H,4,7,10H2,1H3. The Kier molecular flexibility index (Phi) is 4.99. The number of ketones is 1. The smallest absolute Gasteiger partial charge is 0.255 e. The third-order valence-electron chi connectivity index (χ3n) is 5.10. The summed E-state index contributed by atoms with van der Waals surface area (Å²) in [6.07, 6.45) is 3.29. The van der Waals surface area contributed by atoms with Gasteiger partial charge in [0.05, 0.1) is 12.1 Å². The summed E-state index contributed by atoms with van der Waals surface area (Å²) in [7, 11) is 0. The first-order valence-corrected chi connectivity index (χ1v) is 9.74. The lowest BCUT2D eigenvalue weighted by Gasteiger charge is -2.22. The van der Waals surface area contributed by atoms with Crippen LogP contribution in [-0.2, 0) is 22.4 Å². The zero-order valence-electron chi connectivity index (χ0n) is 15.5. The highest BCUT2D eigenvalue weighted by Gasteiger charge is 2.29. The van der Waals surface area contributed by atoms with E-state index in [1.54, 1.807) is 18.2 Å². The Morgan fingerprint density at radius 3 is 2.59 bits per heavy atom. The number of hydrazone groups is 1. The minimum absolute atomic E-state index is 0.317. The molecule has 1 heterocycles. The van der Waals surface area contributed by atoms with E-state index in [4.69, 9.17) is 28.5 Å². The van der Waals surface area contributed by atoms with Crippen LogP contribution in [0.5, 0.6) is 0 Å². The van der Waals surface area contributed by atoms with Gasteiger partial charge in [-0.1, -0.05) is 47.5 Å². The predicted octanol–water partition coefficient (Wildman–Crippen LogP) is 4.73. The van der Waals surface area contributed by atoms with Gasteiger partial charge in [-0.25, -0.2) is 0 Å². The predicted molar refractivity (Wildman–Crippen MR) is 113 cm³/mol. The van der Waals surface area contributed by atoms with Crippen LogP contribution in [0.4, 0.5) is 5.69 Å². The molecule has 0 saturated carbocycles. The molecule has 0 radical (unpaired) electrons. The zero-order valence-corrected chi connectivity index (χ0v) is 17.0. The number of hydrogen-bond donors (Lipinski definition) is 0. The molecule has 0 bridgehead atoms. The summed E-state index contributed by atoms with van der Waals surface area (Å²) >= 11 is 13.0. The van der Waals surface area contributed by atoms with E-state index >= 15 is 0 Å². The van der Waals surface area contributed by atoms with Gasteiger partial charge in [0.2, 0.25) is 11.5 Å². The van der Waals surface area contributed by atoms with Crippen molar-refractivity contribution in [2.24, 2.45) is 5.10 Å². The largest absolute Gasteiger partial charge is 0.291 e. The minimum Gasteiger partial charge on any atom is -0.291 e. The van der Waals surface area contributed by atoms with E-state index in [1.807, 2.05) is 0 Å². The zero-order chi connectivity index (χ0) is 20.7. The highest BCUT2D eigenvalue weighted by molar-refractivity contribution is 6.50. The molecule has 0 spiro atoms. The maximum atomic E-state index is 12.2. The molecule has 1 aliphatic carbocycles. The van der Waals surface area contributed by atoms with E-state index in [2.05, 4.69) is 36.3 Å². The summed E-state index contributed by atoms with van der Waals surface area (Å²) in [4.78, 5) is 23.9. The molecule has 0 N–H and O–H groups in total. The number of Topliss-reactive ketones (excluding diaryl/α,β-unsaturated/α-hetero) is 1. The maximum absolute atomic E-state index is 12.2. The highest BCUT2D eigenvalue weighted by atomic mass is 35.5. The van der Waals surface area contributed by atoms with Crippen molar-refractivity contribution in [3.8, 4) is 6.07 Å². The van der Waals surface area contributed by atoms with Gasteiger partial charge in [-0.05, 0) is 53.3 Å². The van der Waals surface area contributed by atoms with E-state index < -0.39 is 18.1 Å². The second-order valence-electron chi connectivity index (χ2n) is 7.01. The van der Waals surface area contributed by atoms with Crippen molar-refractivity contribution in [3.63, 3.8) is 0 Å². The molecule has 144 valence electrons. The number of amides is 1. The summed E-state index contributed by atoms with van der Waals surface area (Å²) in [5, 5.41) is 14.6. The normalized spacial score (nSPS) is 15.7. The molecule has 0 unspecified atom stereocenters. The Hall–Kier alpha value is -2.94. The van der Waals surface area contributed by atoms with Crippen molar-refractivity contribution in [2.45, 2.75) is 26.2 Å². The second-order valence-corrected chi connectivity index (χ2v) is 7.83. The number of hydrogen-bond acceptors (Lipinski definition) is 4. The lowest BCUT2D eigenvalue weighted by Crippen LogP contribution is -2.36. The first kappa shape index (κ1) is 19.4. The number of halogens is 2. The molecule has 2 aromatic rings. The van der Waals surface area contributed by atoms with Gasteiger partial charge in [0.1, 0.15) is 6.07 Å². The summed E-state index contributed by atoms with van der Waals surface area (Å²) in [5.74, 6) is -1.13. The fourth-order valence-electron chi connectivity index (χ4n) is 3.53. The molecule has 0 aromatic heterocycles. The maximum Gasteiger partial charge on any atom is 0.255 e. The summed E-state index contributed by atoms with van der Waals surface area (Å²) < 4.78 is 0. The molecule has 2 aromatic carbocycles. The van der Waals surface area contributed by atoms with E-state index in [9.17, 15) is 9.59 Å². The van der Waals surface area contributed by atoms with Crippen LogP contribution < -0.4 is 5.01 Å². The monoisotopic (exact) mass is 423 g/mol. The Balaban J connectivity index is 1.67. The Morgan fingerprint density at radius 2 is 1.90 bits per heavy atom. The van der Waals surface area contributed by atoms with Crippen LogP contribution >= 0.6 is 23.2 Å². The molecular formula is C22H15Cl2N3O2. The second kappa shape index (κ2) is 7.47. The molecule has 0 saturated heterocycles. The molecule has 1 amide bonds. The third-order valence-corrected chi connectivity index (χ3v) is 5.77. The SMILES string of the molecule is CC1=CCc2ccc(Cc3c(Cl)cc(N4N=C(C#N)C(=O)CC4=O)cc3Cl)cc21. The fourth-order valence-corrected chi connectivity index (χ4v) is 4.14. The first-order valence-electron chi connectivity index (χ1n) is 8.99. The Morgan fingerprint density at radius 1 is 1.17 bits per heavy atom. The topological polar surface area (TPSA) is 73.5 Å². The number of carbonyl (C=O) groups is 2. The van der Waals surface area contributed by atoms with E-state index in [0.717, 1.165) is 22.6 Å². The van der Waals surface area contributed by atoms with Gasteiger partial charge in [0.15, 0.2) is 0 Å². The van der Waals surface area contributed by atoms with Gasteiger partial charge < -0.3 is 0 Å². The number of nitrogens with zero attached hydrogens (tertiary/aromatic N) is 3. The molecule has 7 heteroatoms. The van der Waals surface area contributed by atoms with Crippen molar-refractivity contribution in [1.82, 2.24) is 0 Å². The molecule has 2 aliphatic rings. The van der Waals surface area contributed by atoms with Crippen molar-refractivity contribution >= 4 is 51.9 Å². The average Bonchev–Trinajstić information content (AvgIpc) is 3.05. The third kappa shape index (κ3) is 3.57. The van der Waals surface area contributed by atoms with Crippen LogP contribution in [0.25, 0.3) is 5.57 Å². The summed E-state index contributed by atoms with van der Waals surface area (Å²) in [5.41, 5.74) is 5.64. The van der Waals surface area contributed by atoms with Crippen LogP contribution in [0, 0.1) is 11.3 Å². The van der Waals surface area contributed by atoms with Crippen molar-refractivity contribution in [3.05, 3.63) is 68.7 Å². The number of anilines is 1. The van der Waals surface area contributed by atoms with E-state index in [0.29, 0.717) is 22.2 Å². The van der Waals surface area contributed by atoms with Crippen LogP contribution in [0.15, 0.2) is 41.5 Å². The minimum atomic E-state index is -0.594. The van der Waals surface area contributed by atoms with E-state index in [1.165, 1.54) is 16.7 Å². The highest BCUT2D eigenvalue weighted by Crippen LogP contribution is 2.35. The molecule has 1 aliphatic heterocycles. The van der Waals surface area contributed by atoms with Gasteiger partial charge in [-0.2, -0.15) is 15.4 Å². The van der Waals surface area contributed by atoms with Crippen LogP contribution in [0.3, 0.4) is 0 Å². The van der Waals surface area contributed by atoms with Crippen molar-refractivity contribution in [1.29, 1.82) is 5.26 Å². The molecule has 0 fully saturated rings. The molecule has 4 rings (SSSR count). The lowest BCUT2D eigenvalue weighted by molar-refractivity contribution is -0.124. The molecule has 5 nitrogen and oxygen atoms in total. The first-order chi connectivity index (χ1) is 13.9. The molecule has 29 heavy (non-hydrogen) atoms. The summed E-state index contributed by atoms with van der Waals surface area (Å²) in [6.45, 7) is 2.10. The Bertz CT molecular complexity index is 1150. The van der Waals surface area contributed by atoms with Gasteiger partial charge in [-0.3, -0.25) is 9.59 Å². The average molecular weight is 424 g/mol. The lowest BCUT2D eigenvalue weighted by atomic mass is 9.98. The number of benzene rings is 2. The van der Waals surface area contributed by atoms with Gasteiger partial charge in [0, 0.05) is 16.5 Å². The van der Waals surface area contributed by atoms with Crippen molar-refractivity contribution in [2.75, 3.05) is 5.01 Å². The van der Waals surface area contributed by atoms with Crippen LogP contribution in [-0.4, -0.2) is 17.4 Å². The quantitative estimate of drug-likeness (QED) is 0.669. The molecular weight excluding hydrogens is 409 g/mol. The summed E-state index contributed by atoms with van der Waals surface area (Å²) in [6, 6.07) is 11.2. The number of carbonyl (C=O) groups excluding carboxylic acids is 2. The number of rotatable bonds is 3. The van der Waals surface area contributed by atoms with Crippen LogP contribution in [0.1, 0.15) is 35.6 Å². The molecule has 0 atom stereocenters. The van der Waals surface area contributed by atoms with Crippen molar-refractivity contribution < 1.29 is 9.59 Å².